The van der Waals surface area contributed by atoms with Crippen LogP contribution in [0, 0.1) is 17.2 Å². The van der Waals surface area contributed by atoms with E-state index in [2.05, 4.69) is 9.69 Å². The zero-order chi connectivity index (χ0) is 12.8. The number of carbonyl (C=O) groups is 1. The first-order valence-corrected chi connectivity index (χ1v) is 6.20. The number of amides is 1. The Morgan fingerprint density at radius 3 is 2.88 bits per heavy atom. The minimum atomic E-state index is -0.136. The van der Waals surface area contributed by atoms with E-state index in [0.717, 1.165) is 18.0 Å². The minimum absolute atomic E-state index is 0.132. The van der Waals surface area contributed by atoms with Gasteiger partial charge in [0, 0.05) is 5.92 Å². The zero-order valence-corrected chi connectivity index (χ0v) is 10.9. The van der Waals surface area contributed by atoms with E-state index in [1.165, 1.54) is 0 Å². The molecule has 1 heterocycles. The van der Waals surface area contributed by atoms with Crippen LogP contribution in [0.2, 0.25) is 0 Å². The van der Waals surface area contributed by atoms with Crippen LogP contribution in [0.1, 0.15) is 32.8 Å². The number of hydrogen-bond acceptors (Lipinski definition) is 5. The van der Waals surface area contributed by atoms with Crippen molar-refractivity contribution in [3.63, 3.8) is 0 Å². The van der Waals surface area contributed by atoms with Gasteiger partial charge in [0.1, 0.15) is 11.1 Å². The fourth-order valence-corrected chi connectivity index (χ4v) is 1.70. The lowest BCUT2D eigenvalue weighted by Gasteiger charge is -2.05. The number of anilines is 1. The highest BCUT2D eigenvalue weighted by molar-refractivity contribution is 7.10. The number of carbonyl (C=O) groups excluding carboxylic acids is 1. The first kappa shape index (κ1) is 13.5. The van der Waals surface area contributed by atoms with Gasteiger partial charge >= 0.3 is 0 Å². The monoisotopic (exact) mass is 253 g/mol. The summed E-state index contributed by atoms with van der Waals surface area (Å²) in [5.41, 5.74) is 0.303. The highest BCUT2D eigenvalue weighted by Gasteiger charge is 2.17. The molecule has 6 heteroatoms. The third-order valence-electron chi connectivity index (χ3n) is 1.98. The summed E-state index contributed by atoms with van der Waals surface area (Å²) in [5, 5.41) is 12.2. The molecule has 1 aromatic heterocycles. The number of nitrogens with one attached hydrogen (secondary N) is 1. The highest BCUT2D eigenvalue weighted by atomic mass is 32.1. The number of hydrogen-bond donors (Lipinski definition) is 1. The number of rotatable bonds is 5. The average molecular weight is 253 g/mol. The van der Waals surface area contributed by atoms with Crippen LogP contribution >= 0.6 is 11.5 Å². The molecule has 1 aromatic rings. The van der Waals surface area contributed by atoms with Gasteiger partial charge in [0.25, 0.3) is 0 Å². The molecule has 0 saturated carbocycles. The maximum Gasteiger partial charge on any atom is 0.245 e. The van der Waals surface area contributed by atoms with Gasteiger partial charge < -0.3 is 10.1 Å². The van der Waals surface area contributed by atoms with E-state index in [0.29, 0.717) is 23.1 Å². The molecule has 0 spiro atoms. The molecule has 0 fully saturated rings. The minimum Gasteiger partial charge on any atom is -0.476 e. The molecule has 0 aliphatic heterocycles. The third-order valence-corrected chi connectivity index (χ3v) is 2.72. The molecule has 1 rings (SSSR count). The van der Waals surface area contributed by atoms with E-state index in [9.17, 15) is 4.79 Å². The van der Waals surface area contributed by atoms with E-state index in [1.807, 2.05) is 13.0 Å². The Labute approximate surface area is 105 Å². The molecule has 0 aliphatic rings. The van der Waals surface area contributed by atoms with E-state index in [-0.39, 0.29) is 11.8 Å². The van der Waals surface area contributed by atoms with Crippen LogP contribution in [0.5, 0.6) is 5.88 Å². The molecule has 0 saturated heterocycles. The Balaban J connectivity index is 2.84. The molecule has 1 N–H and O–H groups in total. The summed E-state index contributed by atoms with van der Waals surface area (Å²) in [4.78, 5) is 11.5. The third kappa shape index (κ3) is 3.43. The Bertz CT molecular complexity index is 434. The van der Waals surface area contributed by atoms with Crippen molar-refractivity contribution in [2.75, 3.05) is 11.9 Å². The molecule has 0 atom stereocenters. The lowest BCUT2D eigenvalue weighted by atomic mass is 10.2. The molecule has 0 radical (unpaired) electrons. The topological polar surface area (TPSA) is 75.0 Å². The van der Waals surface area contributed by atoms with Crippen molar-refractivity contribution in [2.45, 2.75) is 27.2 Å². The second-order valence-electron chi connectivity index (χ2n) is 3.80. The molecule has 0 aromatic carbocycles. The lowest BCUT2D eigenvalue weighted by Crippen LogP contribution is -2.17. The molecular weight excluding hydrogens is 238 g/mol. The van der Waals surface area contributed by atoms with Crippen molar-refractivity contribution >= 4 is 22.4 Å². The smallest absolute Gasteiger partial charge is 0.245 e. The second kappa shape index (κ2) is 6.21. The van der Waals surface area contributed by atoms with Crippen molar-refractivity contribution in [3.05, 3.63) is 5.56 Å². The molecular formula is C11H15N3O2S. The molecule has 0 unspecified atom stereocenters. The van der Waals surface area contributed by atoms with Gasteiger partial charge in [0.05, 0.1) is 6.61 Å². The predicted molar refractivity (Wildman–Crippen MR) is 66.1 cm³/mol. The Hall–Kier alpha value is -1.61. The van der Waals surface area contributed by atoms with Crippen LogP contribution < -0.4 is 10.1 Å². The van der Waals surface area contributed by atoms with Crippen LogP contribution in [0.25, 0.3) is 0 Å². The zero-order valence-electron chi connectivity index (χ0n) is 10.1. The normalized spacial score (nSPS) is 10.1. The Kier molecular flexibility index (Phi) is 4.91. The molecule has 17 heavy (non-hydrogen) atoms. The number of nitrogens with zero attached hydrogens (tertiary/aromatic N) is 2. The van der Waals surface area contributed by atoms with Crippen LogP contribution in [0.3, 0.4) is 0 Å². The first-order valence-electron chi connectivity index (χ1n) is 5.43. The summed E-state index contributed by atoms with van der Waals surface area (Å²) in [5.74, 6) is 0.0363. The van der Waals surface area contributed by atoms with Gasteiger partial charge in [-0.1, -0.05) is 20.8 Å². The number of ether oxygens (including phenoxy) is 1. The lowest BCUT2D eigenvalue weighted by molar-refractivity contribution is -0.118. The average Bonchev–Trinajstić information content (AvgIpc) is 2.68. The standard InChI is InChI=1S/C11H15N3O2S/c1-4-5-16-10-8(6-12)11(17-14-10)13-9(15)7(2)3/h7H,4-5H2,1-3H3,(H,13,15). The van der Waals surface area contributed by atoms with Gasteiger partial charge in [-0.05, 0) is 18.0 Å². The van der Waals surface area contributed by atoms with Gasteiger partial charge in [-0.15, -0.1) is 0 Å². The maximum absolute atomic E-state index is 11.5. The first-order chi connectivity index (χ1) is 8.10. The number of aromatic nitrogens is 1. The van der Waals surface area contributed by atoms with Gasteiger partial charge in [-0.2, -0.15) is 9.64 Å². The summed E-state index contributed by atoms with van der Waals surface area (Å²) >= 11 is 1.07. The summed E-state index contributed by atoms with van der Waals surface area (Å²) in [7, 11) is 0. The quantitative estimate of drug-likeness (QED) is 0.874. The second-order valence-corrected chi connectivity index (χ2v) is 4.57. The Morgan fingerprint density at radius 2 is 2.35 bits per heavy atom. The molecule has 0 bridgehead atoms. The maximum atomic E-state index is 11.5. The highest BCUT2D eigenvalue weighted by Crippen LogP contribution is 2.30. The van der Waals surface area contributed by atoms with Crippen LogP contribution in [-0.4, -0.2) is 16.9 Å². The van der Waals surface area contributed by atoms with Crippen LogP contribution in [0.15, 0.2) is 0 Å². The van der Waals surface area contributed by atoms with Gasteiger partial charge in [-0.3, -0.25) is 4.79 Å². The fourth-order valence-electron chi connectivity index (χ4n) is 1.01. The Morgan fingerprint density at radius 1 is 1.65 bits per heavy atom. The van der Waals surface area contributed by atoms with Gasteiger partial charge in [-0.25, -0.2) is 0 Å². The van der Waals surface area contributed by atoms with Crippen molar-refractivity contribution < 1.29 is 9.53 Å². The van der Waals surface area contributed by atoms with Gasteiger partial charge in [0.15, 0.2) is 5.56 Å². The summed E-state index contributed by atoms with van der Waals surface area (Å²) in [6.07, 6.45) is 0.843. The molecule has 92 valence electrons. The van der Waals surface area contributed by atoms with E-state index < -0.39 is 0 Å². The van der Waals surface area contributed by atoms with Crippen molar-refractivity contribution in [1.29, 1.82) is 5.26 Å². The van der Waals surface area contributed by atoms with Crippen LogP contribution in [-0.2, 0) is 4.79 Å². The predicted octanol–water partition coefficient (Wildman–Crippen LogP) is 2.40. The fraction of sp³-hybridized carbons (Fsp3) is 0.545. The summed E-state index contributed by atoms with van der Waals surface area (Å²) in [6, 6.07) is 2.01. The van der Waals surface area contributed by atoms with E-state index >= 15 is 0 Å². The van der Waals surface area contributed by atoms with E-state index in [4.69, 9.17) is 10.00 Å². The van der Waals surface area contributed by atoms with Crippen molar-refractivity contribution in [2.24, 2.45) is 5.92 Å². The van der Waals surface area contributed by atoms with Crippen molar-refractivity contribution in [3.8, 4) is 11.9 Å². The summed E-state index contributed by atoms with van der Waals surface area (Å²) < 4.78 is 9.34. The van der Waals surface area contributed by atoms with Crippen LogP contribution in [0.4, 0.5) is 5.00 Å². The van der Waals surface area contributed by atoms with Crippen molar-refractivity contribution in [1.82, 2.24) is 4.37 Å². The largest absolute Gasteiger partial charge is 0.476 e. The number of nitriles is 1. The SMILES string of the molecule is CCCOc1nsc(NC(=O)C(C)C)c1C#N. The molecule has 5 nitrogen and oxygen atoms in total. The van der Waals surface area contributed by atoms with E-state index in [1.54, 1.807) is 13.8 Å². The molecule has 1 amide bonds. The van der Waals surface area contributed by atoms with Gasteiger partial charge in [0.2, 0.25) is 11.8 Å². The molecule has 0 aliphatic carbocycles. The summed E-state index contributed by atoms with van der Waals surface area (Å²) in [6.45, 7) is 6.06.